The predicted molar refractivity (Wildman–Crippen MR) is 68.2 cm³/mol. The largest absolute Gasteiger partial charge is 0.278 e. The molecule has 0 bridgehead atoms. The third-order valence-corrected chi connectivity index (χ3v) is 3.68. The summed E-state index contributed by atoms with van der Waals surface area (Å²) in [6.07, 6.45) is 1.27. The smallest absolute Gasteiger partial charge is 0.263 e. The molecule has 1 fully saturated rings. The Morgan fingerprint density at radius 1 is 1.58 bits per heavy atom. The van der Waals surface area contributed by atoms with E-state index in [0.717, 1.165) is 17.2 Å². The van der Waals surface area contributed by atoms with Gasteiger partial charge >= 0.3 is 0 Å². The summed E-state index contributed by atoms with van der Waals surface area (Å²) < 4.78 is 13.1. The minimum atomic E-state index is -0.653. The zero-order valence-electron chi connectivity index (χ0n) is 10.7. The molecule has 1 aliphatic heterocycles. The van der Waals surface area contributed by atoms with E-state index < -0.39 is 11.7 Å². The van der Waals surface area contributed by atoms with Crippen molar-refractivity contribution < 1.29 is 14.0 Å². The number of hydrogen-bond acceptors (Lipinski definition) is 3. The van der Waals surface area contributed by atoms with Crippen molar-refractivity contribution in [2.45, 2.75) is 20.3 Å². The summed E-state index contributed by atoms with van der Waals surface area (Å²) in [6, 6.07) is 1.01. The lowest BCUT2D eigenvalue weighted by Crippen LogP contribution is -2.33. The number of halogens is 2. The van der Waals surface area contributed by atoms with Gasteiger partial charge in [0.2, 0.25) is 5.91 Å². The van der Waals surface area contributed by atoms with E-state index >= 15 is 0 Å². The van der Waals surface area contributed by atoms with Crippen molar-refractivity contribution >= 4 is 23.4 Å². The Bertz CT molecular complexity index is 533. The van der Waals surface area contributed by atoms with Crippen molar-refractivity contribution in [2.75, 3.05) is 6.54 Å². The Balaban J connectivity index is 2.25. The molecule has 19 heavy (non-hydrogen) atoms. The fourth-order valence-corrected chi connectivity index (χ4v) is 2.28. The van der Waals surface area contributed by atoms with Crippen LogP contribution in [0.5, 0.6) is 0 Å². The van der Waals surface area contributed by atoms with Gasteiger partial charge in [0.05, 0.1) is 11.8 Å². The second kappa shape index (κ2) is 5.25. The average Bonchev–Trinajstić information content (AvgIpc) is 2.74. The Morgan fingerprint density at radius 3 is 2.84 bits per heavy atom. The van der Waals surface area contributed by atoms with Crippen LogP contribution in [0, 0.1) is 17.7 Å². The van der Waals surface area contributed by atoms with Crippen molar-refractivity contribution in [3.63, 3.8) is 0 Å². The van der Waals surface area contributed by atoms with Crippen molar-refractivity contribution in [3.05, 3.63) is 28.8 Å². The van der Waals surface area contributed by atoms with Crippen LogP contribution in [0.15, 0.2) is 12.3 Å². The average molecular weight is 285 g/mol. The Kier molecular flexibility index (Phi) is 3.85. The molecule has 1 saturated heterocycles. The van der Waals surface area contributed by atoms with E-state index in [1.807, 2.05) is 13.8 Å². The molecular formula is C13H14ClFN2O2. The molecule has 0 spiro atoms. The van der Waals surface area contributed by atoms with Crippen molar-refractivity contribution in [1.29, 1.82) is 0 Å². The van der Waals surface area contributed by atoms with Crippen molar-refractivity contribution in [1.82, 2.24) is 9.88 Å². The quantitative estimate of drug-likeness (QED) is 0.619. The topological polar surface area (TPSA) is 50.3 Å². The molecule has 0 saturated carbocycles. The minimum absolute atomic E-state index is 0.0700. The molecule has 2 rings (SSSR count). The number of amides is 2. The summed E-state index contributed by atoms with van der Waals surface area (Å²) in [4.78, 5) is 28.8. The number of rotatable bonds is 2. The van der Waals surface area contributed by atoms with E-state index in [0.29, 0.717) is 18.9 Å². The van der Waals surface area contributed by atoms with E-state index in [-0.39, 0.29) is 22.5 Å². The Labute approximate surface area is 115 Å². The third-order valence-electron chi connectivity index (χ3n) is 3.38. The number of aromatic nitrogens is 1. The Hall–Kier alpha value is -1.49. The first-order valence-electron chi connectivity index (χ1n) is 6.06. The predicted octanol–water partition coefficient (Wildman–Crippen LogP) is 2.52. The number of likely N-dealkylation sites (tertiary alicyclic amines) is 1. The number of hydrogen-bond donors (Lipinski definition) is 0. The number of carbonyl (C=O) groups is 2. The van der Waals surface area contributed by atoms with Crippen LogP contribution >= 0.6 is 11.6 Å². The zero-order chi connectivity index (χ0) is 14.2. The van der Waals surface area contributed by atoms with Crippen LogP contribution in [0.3, 0.4) is 0 Å². The number of pyridine rings is 1. The van der Waals surface area contributed by atoms with E-state index in [2.05, 4.69) is 4.98 Å². The maximum Gasteiger partial charge on any atom is 0.263 e. The van der Waals surface area contributed by atoms with E-state index in [9.17, 15) is 14.0 Å². The van der Waals surface area contributed by atoms with E-state index in [4.69, 9.17) is 11.6 Å². The normalized spacial score (nSPS) is 19.3. The molecule has 6 heteroatoms. The van der Waals surface area contributed by atoms with E-state index in [1.165, 1.54) is 0 Å². The van der Waals surface area contributed by atoms with Gasteiger partial charge in [-0.1, -0.05) is 25.4 Å². The van der Waals surface area contributed by atoms with Crippen LogP contribution in [-0.2, 0) is 4.79 Å². The molecule has 1 aromatic rings. The van der Waals surface area contributed by atoms with Crippen LogP contribution in [0.2, 0.25) is 5.15 Å². The van der Waals surface area contributed by atoms with Gasteiger partial charge in [-0.15, -0.1) is 0 Å². The molecule has 0 N–H and O–H groups in total. The van der Waals surface area contributed by atoms with Gasteiger partial charge in [-0.2, -0.15) is 0 Å². The lowest BCUT2D eigenvalue weighted by molar-refractivity contribution is -0.125. The lowest BCUT2D eigenvalue weighted by atomic mass is 9.95. The molecular weight excluding hydrogens is 271 g/mol. The lowest BCUT2D eigenvalue weighted by Gasteiger charge is -2.16. The van der Waals surface area contributed by atoms with Gasteiger partial charge < -0.3 is 0 Å². The summed E-state index contributed by atoms with van der Waals surface area (Å²) in [7, 11) is 0. The minimum Gasteiger partial charge on any atom is -0.278 e. The highest BCUT2D eigenvalue weighted by atomic mass is 35.5. The van der Waals surface area contributed by atoms with Crippen molar-refractivity contribution in [3.8, 4) is 0 Å². The number of carbonyl (C=O) groups excluding carboxylic acids is 2. The van der Waals surface area contributed by atoms with Crippen LogP contribution in [0.4, 0.5) is 4.39 Å². The third kappa shape index (κ3) is 2.76. The van der Waals surface area contributed by atoms with Gasteiger partial charge in [0, 0.05) is 13.0 Å². The van der Waals surface area contributed by atoms with Crippen molar-refractivity contribution in [2.24, 2.45) is 11.8 Å². The van der Waals surface area contributed by atoms with E-state index in [1.54, 1.807) is 0 Å². The highest BCUT2D eigenvalue weighted by molar-refractivity contribution is 6.33. The standard InChI is InChI=1S/C13H14ClFN2O2/c1-7(2)8-3-11(18)17(6-8)13(19)10-4-9(15)5-16-12(10)14/h4-5,7-8H,3,6H2,1-2H3. The van der Waals surface area contributed by atoms with Gasteiger partial charge in [0.25, 0.3) is 5.91 Å². The first kappa shape index (κ1) is 13.9. The van der Waals surface area contributed by atoms with Gasteiger partial charge in [0.15, 0.2) is 0 Å². The maximum atomic E-state index is 13.1. The molecule has 0 aromatic carbocycles. The maximum absolute atomic E-state index is 13.1. The van der Waals surface area contributed by atoms with Gasteiger partial charge in [-0.05, 0) is 17.9 Å². The molecule has 4 nitrogen and oxygen atoms in total. The molecule has 0 radical (unpaired) electrons. The highest BCUT2D eigenvalue weighted by Gasteiger charge is 2.36. The van der Waals surface area contributed by atoms with Gasteiger partial charge in [0.1, 0.15) is 11.0 Å². The molecule has 1 unspecified atom stereocenters. The molecule has 1 aromatic heterocycles. The number of imide groups is 1. The molecule has 0 aliphatic carbocycles. The summed E-state index contributed by atoms with van der Waals surface area (Å²) >= 11 is 5.78. The Morgan fingerprint density at radius 2 is 2.26 bits per heavy atom. The fourth-order valence-electron chi connectivity index (χ4n) is 2.10. The summed E-state index contributed by atoms with van der Waals surface area (Å²) in [5, 5.41) is -0.0906. The van der Waals surface area contributed by atoms with Crippen LogP contribution in [0.1, 0.15) is 30.6 Å². The number of nitrogens with zero attached hydrogens (tertiary/aromatic N) is 2. The fraction of sp³-hybridized carbons (Fsp3) is 0.462. The highest BCUT2D eigenvalue weighted by Crippen LogP contribution is 2.27. The van der Waals surface area contributed by atoms with Gasteiger partial charge in [-0.25, -0.2) is 9.37 Å². The molecule has 2 amide bonds. The first-order chi connectivity index (χ1) is 8.90. The molecule has 1 atom stereocenters. The van der Waals surface area contributed by atoms with Crippen LogP contribution in [0.25, 0.3) is 0 Å². The first-order valence-corrected chi connectivity index (χ1v) is 6.43. The SMILES string of the molecule is CC(C)C1CC(=O)N(C(=O)c2cc(F)cnc2Cl)C1. The monoisotopic (exact) mass is 284 g/mol. The second-order valence-corrected chi connectivity index (χ2v) is 5.37. The molecule has 1 aliphatic rings. The molecule has 102 valence electrons. The summed E-state index contributed by atoms with van der Waals surface area (Å²) in [6.45, 7) is 4.35. The van der Waals surface area contributed by atoms with Crippen LogP contribution < -0.4 is 0 Å². The molecule has 2 heterocycles. The summed E-state index contributed by atoms with van der Waals surface area (Å²) in [5.74, 6) is -1.03. The zero-order valence-corrected chi connectivity index (χ0v) is 11.4. The summed E-state index contributed by atoms with van der Waals surface area (Å²) in [5.41, 5.74) is -0.0700. The van der Waals surface area contributed by atoms with Crippen LogP contribution in [-0.4, -0.2) is 28.2 Å². The van der Waals surface area contributed by atoms with Gasteiger partial charge in [-0.3, -0.25) is 14.5 Å². The second-order valence-electron chi connectivity index (χ2n) is 5.01.